The second kappa shape index (κ2) is 6.37. The van der Waals surface area contributed by atoms with Crippen LogP contribution in [0.15, 0.2) is 47.1 Å². The smallest absolute Gasteiger partial charge is 0.307 e. The van der Waals surface area contributed by atoms with Gasteiger partial charge in [-0.1, -0.05) is 18.2 Å². The molecule has 0 spiro atoms. The number of hydrogen-bond donors (Lipinski definition) is 1. The van der Waals surface area contributed by atoms with Gasteiger partial charge in [0.1, 0.15) is 0 Å². The van der Waals surface area contributed by atoms with E-state index in [-0.39, 0.29) is 0 Å². The zero-order valence-corrected chi connectivity index (χ0v) is 12.0. The van der Waals surface area contributed by atoms with Crippen LogP contribution in [0.5, 0.6) is 0 Å². The van der Waals surface area contributed by atoms with E-state index in [1.165, 1.54) is 6.07 Å². The molecule has 0 bridgehead atoms. The molecule has 0 radical (unpaired) electrons. The lowest BCUT2D eigenvalue weighted by atomic mass is 10.1. The molecule has 6 heteroatoms. The minimum absolute atomic E-state index is 0.363. The largest absolute Gasteiger partial charge is 0.416 e. The summed E-state index contributed by atoms with van der Waals surface area (Å²) >= 11 is 3.29. The zero-order chi connectivity index (χ0) is 14.6. The number of pyridine rings is 1. The van der Waals surface area contributed by atoms with Crippen LogP contribution < -0.4 is 5.32 Å². The van der Waals surface area contributed by atoms with Crippen LogP contribution in [0.25, 0.3) is 0 Å². The minimum Gasteiger partial charge on any atom is -0.307 e. The van der Waals surface area contributed by atoms with Gasteiger partial charge in [-0.15, -0.1) is 0 Å². The summed E-state index contributed by atoms with van der Waals surface area (Å²) in [6.45, 7) is 0.866. The maximum Gasteiger partial charge on any atom is 0.416 e. The molecule has 1 N–H and O–H groups in total. The fraction of sp³-hybridized carbons (Fsp3) is 0.214. The number of nitrogens with zero attached hydrogens (tertiary/aromatic N) is 1. The van der Waals surface area contributed by atoms with Gasteiger partial charge in [-0.25, -0.2) is 0 Å². The van der Waals surface area contributed by atoms with Gasteiger partial charge in [0, 0.05) is 23.8 Å². The first kappa shape index (κ1) is 15.0. The van der Waals surface area contributed by atoms with Crippen molar-refractivity contribution in [1.82, 2.24) is 10.3 Å². The van der Waals surface area contributed by atoms with Crippen molar-refractivity contribution in [2.24, 2.45) is 0 Å². The van der Waals surface area contributed by atoms with E-state index in [4.69, 9.17) is 0 Å². The Labute approximate surface area is 123 Å². The molecule has 2 rings (SSSR count). The Morgan fingerprint density at radius 2 is 1.90 bits per heavy atom. The third-order valence-electron chi connectivity index (χ3n) is 2.68. The number of aromatic nitrogens is 1. The standard InChI is InChI=1S/C14H12BrF3N2/c15-12-4-5-13(20-8-12)9-19-7-10-2-1-3-11(6-10)14(16,17)18/h1-6,8,19H,7,9H2. The average molecular weight is 345 g/mol. The monoisotopic (exact) mass is 344 g/mol. The summed E-state index contributed by atoms with van der Waals surface area (Å²) in [7, 11) is 0. The zero-order valence-electron chi connectivity index (χ0n) is 10.4. The van der Waals surface area contributed by atoms with Crippen LogP contribution in [0, 0.1) is 0 Å². The Morgan fingerprint density at radius 1 is 1.10 bits per heavy atom. The number of alkyl halides is 3. The molecule has 0 aliphatic carbocycles. The molecule has 0 aliphatic heterocycles. The highest BCUT2D eigenvalue weighted by molar-refractivity contribution is 9.10. The third kappa shape index (κ3) is 4.31. The molecular weight excluding hydrogens is 333 g/mol. The van der Waals surface area contributed by atoms with Crippen LogP contribution in [0.1, 0.15) is 16.8 Å². The van der Waals surface area contributed by atoms with E-state index >= 15 is 0 Å². The van der Waals surface area contributed by atoms with Crippen molar-refractivity contribution >= 4 is 15.9 Å². The average Bonchev–Trinajstić information content (AvgIpc) is 2.40. The van der Waals surface area contributed by atoms with Crippen molar-refractivity contribution in [3.05, 3.63) is 63.9 Å². The molecule has 0 saturated carbocycles. The fourth-order valence-corrected chi connectivity index (χ4v) is 1.94. The summed E-state index contributed by atoms with van der Waals surface area (Å²) in [6.07, 6.45) is -2.62. The van der Waals surface area contributed by atoms with Crippen LogP contribution in [0.4, 0.5) is 13.2 Å². The predicted molar refractivity (Wildman–Crippen MR) is 73.9 cm³/mol. The van der Waals surface area contributed by atoms with Crippen LogP contribution >= 0.6 is 15.9 Å². The Kier molecular flexibility index (Phi) is 4.77. The Bertz CT molecular complexity index is 567. The lowest BCUT2D eigenvalue weighted by Gasteiger charge is -2.09. The number of rotatable bonds is 4. The highest BCUT2D eigenvalue weighted by atomic mass is 79.9. The first-order valence-electron chi connectivity index (χ1n) is 5.92. The van der Waals surface area contributed by atoms with E-state index in [9.17, 15) is 13.2 Å². The fourth-order valence-electron chi connectivity index (χ4n) is 1.70. The number of hydrogen-bond acceptors (Lipinski definition) is 2. The van der Waals surface area contributed by atoms with Gasteiger partial charge in [0.15, 0.2) is 0 Å². The molecule has 1 heterocycles. The van der Waals surface area contributed by atoms with Gasteiger partial charge >= 0.3 is 6.18 Å². The highest BCUT2D eigenvalue weighted by Crippen LogP contribution is 2.29. The molecule has 0 unspecified atom stereocenters. The number of halogens is 4. The topological polar surface area (TPSA) is 24.9 Å². The summed E-state index contributed by atoms with van der Waals surface area (Å²) in [5.41, 5.74) is 0.802. The SMILES string of the molecule is FC(F)(F)c1cccc(CNCc2ccc(Br)cn2)c1. The van der Waals surface area contributed by atoms with Gasteiger partial charge < -0.3 is 5.32 Å². The molecule has 20 heavy (non-hydrogen) atoms. The molecule has 1 aromatic carbocycles. The molecule has 2 aromatic rings. The summed E-state index contributed by atoms with van der Waals surface area (Å²) < 4.78 is 38.6. The highest BCUT2D eigenvalue weighted by Gasteiger charge is 2.30. The molecule has 0 aliphatic rings. The van der Waals surface area contributed by atoms with Crippen LogP contribution in [0.2, 0.25) is 0 Å². The lowest BCUT2D eigenvalue weighted by molar-refractivity contribution is -0.137. The van der Waals surface area contributed by atoms with Crippen LogP contribution in [-0.2, 0) is 19.3 Å². The van der Waals surface area contributed by atoms with Gasteiger partial charge in [-0.3, -0.25) is 4.98 Å². The van der Waals surface area contributed by atoms with Crippen molar-refractivity contribution in [2.75, 3.05) is 0 Å². The number of nitrogens with one attached hydrogen (secondary N) is 1. The molecule has 0 fully saturated rings. The molecule has 0 amide bonds. The van der Waals surface area contributed by atoms with E-state index in [1.807, 2.05) is 12.1 Å². The second-order valence-electron chi connectivity index (χ2n) is 4.27. The lowest BCUT2D eigenvalue weighted by Crippen LogP contribution is -2.14. The van der Waals surface area contributed by atoms with Crippen molar-refractivity contribution in [3.8, 4) is 0 Å². The van der Waals surface area contributed by atoms with Gasteiger partial charge in [0.2, 0.25) is 0 Å². The summed E-state index contributed by atoms with van der Waals surface area (Å²) in [5, 5.41) is 3.07. The first-order chi connectivity index (χ1) is 9.45. The van der Waals surface area contributed by atoms with E-state index in [2.05, 4.69) is 26.2 Å². The molecule has 1 aromatic heterocycles. The van der Waals surface area contributed by atoms with Gasteiger partial charge in [-0.2, -0.15) is 13.2 Å². The van der Waals surface area contributed by atoms with Crippen molar-refractivity contribution in [3.63, 3.8) is 0 Å². The Balaban J connectivity index is 1.93. The first-order valence-corrected chi connectivity index (χ1v) is 6.72. The quantitative estimate of drug-likeness (QED) is 0.900. The molecular formula is C14H12BrF3N2. The van der Waals surface area contributed by atoms with Crippen molar-refractivity contribution in [1.29, 1.82) is 0 Å². The Morgan fingerprint density at radius 3 is 2.55 bits per heavy atom. The second-order valence-corrected chi connectivity index (χ2v) is 5.19. The predicted octanol–water partition coefficient (Wildman–Crippen LogP) is 4.15. The molecule has 106 valence electrons. The summed E-state index contributed by atoms with van der Waals surface area (Å²) in [5.74, 6) is 0. The summed E-state index contributed by atoms with van der Waals surface area (Å²) in [4.78, 5) is 4.18. The third-order valence-corrected chi connectivity index (χ3v) is 3.15. The van der Waals surface area contributed by atoms with E-state index in [0.717, 1.165) is 22.3 Å². The normalized spacial score (nSPS) is 11.6. The van der Waals surface area contributed by atoms with E-state index in [1.54, 1.807) is 12.3 Å². The van der Waals surface area contributed by atoms with E-state index in [0.29, 0.717) is 18.7 Å². The van der Waals surface area contributed by atoms with Gasteiger partial charge in [0.25, 0.3) is 0 Å². The molecule has 0 atom stereocenters. The van der Waals surface area contributed by atoms with Crippen molar-refractivity contribution in [2.45, 2.75) is 19.3 Å². The van der Waals surface area contributed by atoms with Crippen molar-refractivity contribution < 1.29 is 13.2 Å². The van der Waals surface area contributed by atoms with Crippen LogP contribution in [-0.4, -0.2) is 4.98 Å². The maximum absolute atomic E-state index is 12.6. The molecule has 2 nitrogen and oxygen atoms in total. The Hall–Kier alpha value is -1.40. The van der Waals surface area contributed by atoms with E-state index < -0.39 is 11.7 Å². The van der Waals surface area contributed by atoms with Crippen LogP contribution in [0.3, 0.4) is 0 Å². The van der Waals surface area contributed by atoms with Gasteiger partial charge in [-0.05, 0) is 39.7 Å². The minimum atomic E-state index is -4.30. The number of benzene rings is 1. The summed E-state index contributed by atoms with van der Waals surface area (Å²) in [6, 6.07) is 9.02. The molecule has 0 saturated heterocycles. The van der Waals surface area contributed by atoms with Gasteiger partial charge in [0.05, 0.1) is 11.3 Å². The maximum atomic E-state index is 12.6.